The third kappa shape index (κ3) is 2.44. The van der Waals surface area contributed by atoms with E-state index in [-0.39, 0.29) is 0 Å². The number of likely N-dealkylation sites (tertiary alicyclic amines) is 1. The molecule has 0 aromatic heterocycles. The number of nitrogens with zero attached hydrogens (tertiary/aromatic N) is 1. The maximum absolute atomic E-state index is 2.43. The van der Waals surface area contributed by atoms with Crippen molar-refractivity contribution < 1.29 is 0 Å². The van der Waals surface area contributed by atoms with Crippen LogP contribution in [0.5, 0.6) is 0 Å². The van der Waals surface area contributed by atoms with Crippen LogP contribution in [0.3, 0.4) is 0 Å². The average molecular weight is 233 g/mol. The van der Waals surface area contributed by atoms with Crippen LogP contribution in [-0.4, -0.2) is 30.3 Å². The summed E-state index contributed by atoms with van der Waals surface area (Å²) >= 11 is 2.05. The largest absolute Gasteiger partial charge is 0.305 e. The van der Waals surface area contributed by atoms with Gasteiger partial charge < -0.3 is 4.90 Å². The summed E-state index contributed by atoms with van der Waals surface area (Å²) in [6, 6.07) is 9.30. The van der Waals surface area contributed by atoms with Gasteiger partial charge in [0.15, 0.2) is 0 Å². The number of rotatable bonds is 3. The Morgan fingerprint density at radius 1 is 1.12 bits per heavy atom. The van der Waals surface area contributed by atoms with E-state index in [1.807, 2.05) is 0 Å². The summed E-state index contributed by atoms with van der Waals surface area (Å²) in [6.07, 6.45) is 4.14. The highest BCUT2D eigenvalue weighted by Crippen LogP contribution is 2.40. The van der Waals surface area contributed by atoms with Gasteiger partial charge in [-0.1, -0.05) is 12.1 Å². The van der Waals surface area contributed by atoms with Gasteiger partial charge in [0.05, 0.1) is 0 Å². The van der Waals surface area contributed by atoms with E-state index in [4.69, 9.17) is 0 Å². The standard InChI is InChI=1S/C14H19NS/c1-15-9-8-14(10-15)16-13-6-4-12(5-7-13)11-2-3-11/h4-7,11,14H,2-3,8-10H2,1H3. The maximum Gasteiger partial charge on any atom is 0.0234 e. The van der Waals surface area contributed by atoms with Gasteiger partial charge in [0.25, 0.3) is 0 Å². The fourth-order valence-corrected chi connectivity index (χ4v) is 3.65. The average Bonchev–Trinajstić information content (AvgIpc) is 3.05. The normalized spacial score (nSPS) is 26.2. The van der Waals surface area contributed by atoms with Gasteiger partial charge in [-0.05, 0) is 56.5 Å². The van der Waals surface area contributed by atoms with Crippen LogP contribution in [0.1, 0.15) is 30.7 Å². The van der Waals surface area contributed by atoms with E-state index in [9.17, 15) is 0 Å². The van der Waals surface area contributed by atoms with Gasteiger partial charge in [-0.15, -0.1) is 11.8 Å². The van der Waals surface area contributed by atoms with Crippen LogP contribution in [0.2, 0.25) is 0 Å². The molecule has 1 saturated heterocycles. The monoisotopic (exact) mass is 233 g/mol. The predicted octanol–water partition coefficient (Wildman–Crippen LogP) is 3.36. The van der Waals surface area contributed by atoms with Crippen LogP contribution in [0.4, 0.5) is 0 Å². The summed E-state index contributed by atoms with van der Waals surface area (Å²) in [7, 11) is 2.22. The first kappa shape index (κ1) is 10.7. The first-order valence-electron chi connectivity index (χ1n) is 6.26. The molecule has 1 unspecified atom stereocenters. The van der Waals surface area contributed by atoms with Crippen LogP contribution in [-0.2, 0) is 0 Å². The Hall–Kier alpha value is -0.470. The van der Waals surface area contributed by atoms with Crippen molar-refractivity contribution in [2.24, 2.45) is 0 Å². The minimum Gasteiger partial charge on any atom is -0.305 e. The Balaban J connectivity index is 1.61. The molecule has 1 saturated carbocycles. The Kier molecular flexibility index (Phi) is 2.95. The smallest absolute Gasteiger partial charge is 0.0234 e. The summed E-state index contributed by atoms with van der Waals surface area (Å²) < 4.78 is 0. The van der Waals surface area contributed by atoms with E-state index >= 15 is 0 Å². The molecule has 1 aromatic carbocycles. The van der Waals surface area contributed by atoms with E-state index in [1.165, 1.54) is 37.2 Å². The number of hydrogen-bond donors (Lipinski definition) is 0. The summed E-state index contributed by atoms with van der Waals surface area (Å²) in [5.74, 6) is 0.886. The molecule has 2 aliphatic rings. The van der Waals surface area contributed by atoms with Crippen molar-refractivity contribution in [1.29, 1.82) is 0 Å². The summed E-state index contributed by atoms with van der Waals surface area (Å²) in [6.45, 7) is 2.51. The van der Waals surface area contributed by atoms with Crippen LogP contribution < -0.4 is 0 Å². The third-order valence-electron chi connectivity index (χ3n) is 3.58. The first-order valence-corrected chi connectivity index (χ1v) is 7.14. The zero-order valence-corrected chi connectivity index (χ0v) is 10.7. The Morgan fingerprint density at radius 2 is 1.88 bits per heavy atom. The fraction of sp³-hybridized carbons (Fsp3) is 0.571. The lowest BCUT2D eigenvalue weighted by Crippen LogP contribution is -2.14. The minimum atomic E-state index is 0.803. The van der Waals surface area contributed by atoms with Crippen molar-refractivity contribution >= 4 is 11.8 Å². The maximum atomic E-state index is 2.43. The molecule has 3 rings (SSSR count). The van der Waals surface area contributed by atoms with Crippen molar-refractivity contribution in [2.45, 2.75) is 35.3 Å². The zero-order chi connectivity index (χ0) is 11.0. The van der Waals surface area contributed by atoms with E-state index in [0.29, 0.717) is 0 Å². The van der Waals surface area contributed by atoms with Crippen LogP contribution in [0.15, 0.2) is 29.2 Å². The molecule has 0 radical (unpaired) electrons. The van der Waals surface area contributed by atoms with Crippen molar-refractivity contribution in [3.63, 3.8) is 0 Å². The molecule has 1 atom stereocenters. The molecule has 1 aliphatic carbocycles. The molecule has 2 heteroatoms. The molecular weight excluding hydrogens is 214 g/mol. The highest BCUT2D eigenvalue weighted by atomic mass is 32.2. The lowest BCUT2D eigenvalue weighted by atomic mass is 10.1. The summed E-state index contributed by atoms with van der Waals surface area (Å²) in [5.41, 5.74) is 1.55. The number of benzene rings is 1. The summed E-state index contributed by atoms with van der Waals surface area (Å²) in [4.78, 5) is 3.88. The number of hydrogen-bond acceptors (Lipinski definition) is 2. The van der Waals surface area contributed by atoms with Crippen molar-refractivity contribution in [1.82, 2.24) is 4.90 Å². The lowest BCUT2D eigenvalue weighted by Gasteiger charge is -2.10. The van der Waals surface area contributed by atoms with E-state index in [1.54, 1.807) is 5.56 Å². The Labute approximate surface area is 102 Å². The topological polar surface area (TPSA) is 3.24 Å². The van der Waals surface area contributed by atoms with Gasteiger partial charge in [0.2, 0.25) is 0 Å². The number of thioether (sulfide) groups is 1. The zero-order valence-electron chi connectivity index (χ0n) is 9.86. The molecule has 0 N–H and O–H groups in total. The molecule has 0 spiro atoms. The Bertz CT molecular complexity index is 356. The third-order valence-corrected chi connectivity index (χ3v) is 4.84. The molecule has 2 fully saturated rings. The van der Waals surface area contributed by atoms with Crippen LogP contribution >= 0.6 is 11.8 Å². The van der Waals surface area contributed by atoms with Gasteiger partial charge in [0.1, 0.15) is 0 Å². The van der Waals surface area contributed by atoms with E-state index < -0.39 is 0 Å². The molecular formula is C14H19NS. The first-order chi connectivity index (χ1) is 7.81. The predicted molar refractivity (Wildman–Crippen MR) is 70.2 cm³/mol. The van der Waals surface area contributed by atoms with Gasteiger partial charge >= 0.3 is 0 Å². The quantitative estimate of drug-likeness (QED) is 0.787. The molecule has 1 nitrogen and oxygen atoms in total. The molecule has 0 bridgehead atoms. The Morgan fingerprint density at radius 3 is 2.44 bits per heavy atom. The van der Waals surface area contributed by atoms with Crippen molar-refractivity contribution in [3.05, 3.63) is 29.8 Å². The molecule has 1 aliphatic heterocycles. The van der Waals surface area contributed by atoms with Gasteiger partial charge in [-0.3, -0.25) is 0 Å². The van der Waals surface area contributed by atoms with E-state index in [2.05, 4.69) is 48.0 Å². The second-order valence-corrected chi connectivity index (χ2v) is 6.51. The highest BCUT2D eigenvalue weighted by Gasteiger charge is 2.23. The molecule has 0 amide bonds. The fourth-order valence-electron chi connectivity index (χ4n) is 2.42. The summed E-state index contributed by atoms with van der Waals surface area (Å²) in [5, 5.41) is 0.803. The molecule has 1 aromatic rings. The second kappa shape index (κ2) is 4.42. The van der Waals surface area contributed by atoms with Crippen LogP contribution in [0.25, 0.3) is 0 Å². The minimum absolute atomic E-state index is 0.803. The molecule has 1 heterocycles. The molecule has 16 heavy (non-hydrogen) atoms. The van der Waals surface area contributed by atoms with E-state index in [0.717, 1.165) is 11.2 Å². The van der Waals surface area contributed by atoms with Gasteiger partial charge in [-0.25, -0.2) is 0 Å². The SMILES string of the molecule is CN1CCC(Sc2ccc(C3CC3)cc2)C1. The highest BCUT2D eigenvalue weighted by molar-refractivity contribution is 8.00. The van der Waals surface area contributed by atoms with Crippen LogP contribution in [0, 0.1) is 0 Å². The second-order valence-electron chi connectivity index (χ2n) is 5.13. The lowest BCUT2D eigenvalue weighted by molar-refractivity contribution is 0.419. The van der Waals surface area contributed by atoms with Gasteiger partial charge in [0, 0.05) is 16.7 Å². The molecule has 86 valence electrons. The van der Waals surface area contributed by atoms with Gasteiger partial charge in [-0.2, -0.15) is 0 Å². The van der Waals surface area contributed by atoms with Crippen molar-refractivity contribution in [2.75, 3.05) is 20.1 Å². The van der Waals surface area contributed by atoms with Crippen molar-refractivity contribution in [3.8, 4) is 0 Å².